The van der Waals surface area contributed by atoms with Crippen LogP contribution in [-0.2, 0) is 15.1 Å². The molecule has 0 radical (unpaired) electrons. The second-order valence-electron chi connectivity index (χ2n) is 7.38. The van der Waals surface area contributed by atoms with Crippen LogP contribution in [-0.4, -0.2) is 19.2 Å². The second kappa shape index (κ2) is 5.33. The Bertz CT molecular complexity index is 1170. The van der Waals surface area contributed by atoms with Crippen molar-refractivity contribution >= 4 is 29.0 Å². The van der Waals surface area contributed by atoms with Gasteiger partial charge in [-0.15, -0.1) is 0 Å². The molecular weight excluding hydrogens is 348 g/mol. The van der Waals surface area contributed by atoms with Gasteiger partial charge in [-0.25, -0.2) is 0 Å². The third-order valence-corrected chi connectivity index (χ3v) is 5.98. The molecule has 136 valence electrons. The second-order valence-corrected chi connectivity index (χ2v) is 7.38. The Morgan fingerprint density at radius 2 is 1.43 bits per heavy atom. The summed E-state index contributed by atoms with van der Waals surface area (Å²) >= 11 is 0. The normalized spacial score (nSPS) is 24.0. The number of nitrogens with zero attached hydrogens (tertiary/aromatic N) is 2. The third-order valence-electron chi connectivity index (χ3n) is 5.98. The number of benzene rings is 3. The van der Waals surface area contributed by atoms with Crippen LogP contribution in [0.1, 0.15) is 16.7 Å². The molecule has 3 aliphatic heterocycles. The summed E-state index contributed by atoms with van der Waals surface area (Å²) in [5.74, 6) is -0.0481. The van der Waals surface area contributed by atoms with Gasteiger partial charge in [-0.3, -0.25) is 4.79 Å². The van der Waals surface area contributed by atoms with Gasteiger partial charge in [-0.05, 0) is 29.8 Å². The van der Waals surface area contributed by atoms with Crippen molar-refractivity contribution in [2.45, 2.75) is 11.8 Å². The minimum atomic E-state index is -1.13. The lowest BCUT2D eigenvalue weighted by Gasteiger charge is -2.47. The Labute approximate surface area is 163 Å². The fourth-order valence-electron chi connectivity index (χ4n) is 4.74. The molecule has 0 N–H and O–H groups in total. The number of para-hydroxylation sites is 3. The van der Waals surface area contributed by atoms with Gasteiger partial charge >= 0.3 is 0 Å². The zero-order valence-corrected chi connectivity index (χ0v) is 15.4. The van der Waals surface area contributed by atoms with Crippen LogP contribution in [0.2, 0.25) is 0 Å². The van der Waals surface area contributed by atoms with Crippen LogP contribution in [0.4, 0.5) is 17.1 Å². The van der Waals surface area contributed by atoms with E-state index >= 15 is 0 Å². The molecule has 3 aromatic rings. The number of likely N-dealkylation sites (N-methyl/N-ethyl adjacent to an activating group) is 1. The Balaban J connectivity index is 1.66. The Kier molecular flexibility index (Phi) is 2.98. The molecule has 2 atom stereocenters. The minimum absolute atomic E-state index is 0.0481. The fourth-order valence-corrected chi connectivity index (χ4v) is 4.74. The quantitative estimate of drug-likeness (QED) is 0.590. The Morgan fingerprint density at radius 1 is 0.821 bits per heavy atom. The van der Waals surface area contributed by atoms with Gasteiger partial charge in [0.1, 0.15) is 0 Å². The van der Waals surface area contributed by atoms with E-state index in [1.165, 1.54) is 0 Å². The van der Waals surface area contributed by atoms with Crippen molar-refractivity contribution in [3.63, 3.8) is 0 Å². The number of hydrogen-bond donors (Lipinski definition) is 0. The summed E-state index contributed by atoms with van der Waals surface area (Å²) < 4.78 is 6.68. The highest BCUT2D eigenvalue weighted by Gasteiger charge is 2.57. The van der Waals surface area contributed by atoms with E-state index in [9.17, 15) is 4.79 Å². The van der Waals surface area contributed by atoms with Crippen molar-refractivity contribution in [3.05, 3.63) is 95.6 Å². The molecule has 0 saturated heterocycles. The van der Waals surface area contributed by atoms with E-state index in [0.717, 1.165) is 33.8 Å². The highest BCUT2D eigenvalue weighted by molar-refractivity contribution is 6.10. The molecule has 28 heavy (non-hydrogen) atoms. The van der Waals surface area contributed by atoms with Gasteiger partial charge in [-0.1, -0.05) is 60.7 Å². The number of ether oxygens (including phenoxy) is 1. The van der Waals surface area contributed by atoms with E-state index in [1.54, 1.807) is 4.90 Å². The zero-order chi connectivity index (χ0) is 18.9. The van der Waals surface area contributed by atoms with Gasteiger partial charge in [0.2, 0.25) is 5.60 Å². The number of amides is 1. The fraction of sp³-hybridized carbons (Fsp3) is 0.125. The highest BCUT2D eigenvalue weighted by Crippen LogP contribution is 2.55. The first-order valence-electron chi connectivity index (χ1n) is 9.43. The molecule has 3 heterocycles. The number of carbonyl (C=O) groups is 1. The van der Waals surface area contributed by atoms with E-state index in [-0.39, 0.29) is 12.1 Å². The summed E-state index contributed by atoms with van der Waals surface area (Å²) in [7, 11) is 1.82. The van der Waals surface area contributed by atoms with Crippen molar-refractivity contribution in [3.8, 4) is 0 Å². The highest BCUT2D eigenvalue weighted by atomic mass is 16.5. The maximum atomic E-state index is 13.6. The number of fused-ring (bicyclic) bond motifs is 8. The third kappa shape index (κ3) is 1.76. The summed E-state index contributed by atoms with van der Waals surface area (Å²) in [6, 6.07) is 24.3. The zero-order valence-electron chi connectivity index (χ0n) is 15.4. The molecule has 4 nitrogen and oxygen atoms in total. The first-order valence-corrected chi connectivity index (χ1v) is 9.43. The van der Waals surface area contributed by atoms with Crippen LogP contribution in [0.3, 0.4) is 0 Å². The monoisotopic (exact) mass is 366 g/mol. The molecule has 0 bridgehead atoms. The van der Waals surface area contributed by atoms with E-state index in [1.807, 2.05) is 67.7 Å². The van der Waals surface area contributed by atoms with Crippen molar-refractivity contribution < 1.29 is 9.53 Å². The number of rotatable bonds is 0. The topological polar surface area (TPSA) is 32.8 Å². The van der Waals surface area contributed by atoms with E-state index in [0.29, 0.717) is 0 Å². The average molecular weight is 366 g/mol. The molecule has 3 aliphatic rings. The number of carbonyl (C=O) groups excluding carboxylic acids is 1. The smallest absolute Gasteiger partial charge is 0.268 e. The van der Waals surface area contributed by atoms with Crippen molar-refractivity contribution in [1.82, 2.24) is 0 Å². The van der Waals surface area contributed by atoms with E-state index < -0.39 is 5.60 Å². The number of anilines is 3. The molecule has 1 spiro atoms. The lowest BCUT2D eigenvalue weighted by molar-refractivity contribution is -0.143. The van der Waals surface area contributed by atoms with Gasteiger partial charge < -0.3 is 14.5 Å². The standard InChI is InChI=1S/C24H18N2O2/c1-25-20-12-6-3-9-17(20)24(23(25)27)18-10-4-7-13-21(18)26-19-11-5-2-8-16(19)14-15-22(26)28-24/h2-15,22H,1H3. The minimum Gasteiger partial charge on any atom is -0.328 e. The Morgan fingerprint density at radius 3 is 2.21 bits per heavy atom. The van der Waals surface area contributed by atoms with E-state index in [2.05, 4.69) is 29.2 Å². The molecule has 2 unspecified atom stereocenters. The molecule has 0 aromatic heterocycles. The van der Waals surface area contributed by atoms with Crippen LogP contribution in [0.15, 0.2) is 78.9 Å². The van der Waals surface area contributed by atoms with Gasteiger partial charge in [0.25, 0.3) is 5.91 Å². The lowest BCUT2D eigenvalue weighted by atomic mass is 9.83. The van der Waals surface area contributed by atoms with Crippen molar-refractivity contribution in [2.75, 3.05) is 16.8 Å². The van der Waals surface area contributed by atoms with Crippen LogP contribution in [0, 0.1) is 0 Å². The van der Waals surface area contributed by atoms with Crippen LogP contribution < -0.4 is 9.80 Å². The van der Waals surface area contributed by atoms with Gasteiger partial charge in [0, 0.05) is 18.2 Å². The van der Waals surface area contributed by atoms with Gasteiger partial charge in [-0.2, -0.15) is 0 Å². The number of hydrogen-bond acceptors (Lipinski definition) is 3. The summed E-state index contributed by atoms with van der Waals surface area (Å²) in [4.78, 5) is 17.5. The Hall–Kier alpha value is -3.37. The molecule has 4 heteroatoms. The van der Waals surface area contributed by atoms with Crippen molar-refractivity contribution in [2.24, 2.45) is 0 Å². The van der Waals surface area contributed by atoms with Crippen molar-refractivity contribution in [1.29, 1.82) is 0 Å². The summed E-state index contributed by atoms with van der Waals surface area (Å²) in [5, 5.41) is 0. The van der Waals surface area contributed by atoms with Crippen LogP contribution in [0.5, 0.6) is 0 Å². The van der Waals surface area contributed by atoms with Crippen LogP contribution in [0.25, 0.3) is 6.08 Å². The summed E-state index contributed by atoms with van der Waals surface area (Å²) in [5.41, 5.74) is 4.80. The maximum Gasteiger partial charge on any atom is 0.268 e. The van der Waals surface area contributed by atoms with E-state index in [4.69, 9.17) is 4.74 Å². The first kappa shape index (κ1) is 15.7. The predicted molar refractivity (Wildman–Crippen MR) is 110 cm³/mol. The molecule has 1 amide bonds. The molecular formula is C24H18N2O2. The molecule has 6 rings (SSSR count). The van der Waals surface area contributed by atoms with Gasteiger partial charge in [0.05, 0.1) is 17.1 Å². The average Bonchev–Trinajstić information content (AvgIpc) is 2.96. The molecule has 0 saturated carbocycles. The SMILES string of the molecule is CN1C(=O)C2(OC3C=Cc4ccccc4N3c3ccccc32)c2ccccc21. The largest absolute Gasteiger partial charge is 0.328 e. The van der Waals surface area contributed by atoms with Gasteiger partial charge in [0.15, 0.2) is 6.23 Å². The molecule has 0 aliphatic carbocycles. The molecule has 0 fully saturated rings. The maximum absolute atomic E-state index is 13.6. The summed E-state index contributed by atoms with van der Waals surface area (Å²) in [6.45, 7) is 0. The first-order chi connectivity index (χ1) is 13.7. The lowest BCUT2D eigenvalue weighted by Crippen LogP contribution is -2.52. The molecule has 3 aromatic carbocycles. The van der Waals surface area contributed by atoms with Crippen LogP contribution >= 0.6 is 0 Å². The predicted octanol–water partition coefficient (Wildman–Crippen LogP) is 4.43. The summed E-state index contributed by atoms with van der Waals surface area (Å²) in [6.07, 6.45) is 3.76.